The maximum Gasteiger partial charge on any atom is 0.0769 e. The maximum atomic E-state index is 4.00. The molecular formula is C11H14N4. The Hall–Kier alpha value is -1.68. The molecule has 2 aromatic rings. The van der Waals surface area contributed by atoms with Crippen LogP contribution in [0.2, 0.25) is 0 Å². The van der Waals surface area contributed by atoms with Crippen molar-refractivity contribution in [2.75, 3.05) is 0 Å². The van der Waals surface area contributed by atoms with Gasteiger partial charge in [0.15, 0.2) is 0 Å². The lowest BCUT2D eigenvalue weighted by Crippen LogP contribution is -2.15. The predicted molar refractivity (Wildman–Crippen MR) is 58.0 cm³/mol. The highest BCUT2D eigenvalue weighted by Crippen LogP contribution is 1.99. The van der Waals surface area contributed by atoms with E-state index in [2.05, 4.69) is 26.1 Å². The summed E-state index contributed by atoms with van der Waals surface area (Å²) < 4.78 is 2.10. The largest absolute Gasteiger partial charge is 0.353 e. The number of aryl methyl sites for hydroxylation is 1. The van der Waals surface area contributed by atoms with Crippen molar-refractivity contribution in [1.82, 2.24) is 20.1 Å². The minimum Gasteiger partial charge on any atom is -0.353 e. The Labute approximate surface area is 89.0 Å². The summed E-state index contributed by atoms with van der Waals surface area (Å²) in [7, 11) is 2.04. The Morgan fingerprint density at radius 3 is 2.87 bits per heavy atom. The van der Waals surface area contributed by atoms with Crippen LogP contribution in [0.1, 0.15) is 11.4 Å². The molecule has 15 heavy (non-hydrogen) atoms. The van der Waals surface area contributed by atoms with Crippen LogP contribution >= 0.6 is 0 Å². The van der Waals surface area contributed by atoms with Crippen LogP contribution in [0, 0.1) is 0 Å². The van der Waals surface area contributed by atoms with E-state index in [4.69, 9.17) is 0 Å². The van der Waals surface area contributed by atoms with Crippen LogP contribution in [0.3, 0.4) is 0 Å². The number of rotatable bonds is 4. The van der Waals surface area contributed by atoms with Gasteiger partial charge < -0.3 is 9.88 Å². The molecule has 0 fully saturated rings. The van der Waals surface area contributed by atoms with Gasteiger partial charge in [-0.1, -0.05) is 0 Å². The summed E-state index contributed by atoms with van der Waals surface area (Å²) in [5, 5.41) is 11.1. The van der Waals surface area contributed by atoms with Crippen molar-refractivity contribution in [1.29, 1.82) is 0 Å². The van der Waals surface area contributed by atoms with Crippen molar-refractivity contribution in [2.45, 2.75) is 13.1 Å². The quantitative estimate of drug-likeness (QED) is 0.807. The molecule has 2 heterocycles. The molecule has 0 aliphatic heterocycles. The SMILES string of the molecule is Cn1cccc1CNCc1cccnn1. The van der Waals surface area contributed by atoms with Gasteiger partial charge in [-0.2, -0.15) is 10.2 Å². The second kappa shape index (κ2) is 4.70. The van der Waals surface area contributed by atoms with E-state index in [9.17, 15) is 0 Å². The van der Waals surface area contributed by atoms with Crippen LogP contribution in [0.4, 0.5) is 0 Å². The molecule has 2 rings (SSSR count). The second-order valence-electron chi connectivity index (χ2n) is 3.43. The van der Waals surface area contributed by atoms with Crippen LogP contribution in [0.5, 0.6) is 0 Å². The first kappa shape index (κ1) is 9.86. The van der Waals surface area contributed by atoms with Crippen LogP contribution in [0.15, 0.2) is 36.7 Å². The first-order valence-electron chi connectivity index (χ1n) is 4.94. The standard InChI is InChI=1S/C11H14N4/c1-15-7-3-5-11(15)9-12-8-10-4-2-6-13-14-10/h2-7,12H,8-9H2,1H3. The summed E-state index contributed by atoms with van der Waals surface area (Å²) in [5.41, 5.74) is 2.23. The third-order valence-corrected chi connectivity index (χ3v) is 2.29. The molecule has 0 aliphatic rings. The van der Waals surface area contributed by atoms with Crippen LogP contribution in [-0.2, 0) is 20.1 Å². The summed E-state index contributed by atoms with van der Waals surface area (Å²) in [6, 6.07) is 8.00. The fourth-order valence-electron chi connectivity index (χ4n) is 1.43. The highest BCUT2D eigenvalue weighted by molar-refractivity contribution is 5.06. The summed E-state index contributed by atoms with van der Waals surface area (Å²) in [5.74, 6) is 0. The average Bonchev–Trinajstić information content (AvgIpc) is 2.66. The van der Waals surface area contributed by atoms with E-state index in [0.717, 1.165) is 18.8 Å². The number of nitrogens with one attached hydrogen (secondary N) is 1. The van der Waals surface area contributed by atoms with Crippen molar-refractivity contribution in [3.63, 3.8) is 0 Å². The maximum absolute atomic E-state index is 4.00. The molecule has 4 nitrogen and oxygen atoms in total. The van der Waals surface area contributed by atoms with Crippen LogP contribution in [0.25, 0.3) is 0 Å². The van der Waals surface area contributed by atoms with Crippen LogP contribution < -0.4 is 5.32 Å². The lowest BCUT2D eigenvalue weighted by atomic mass is 10.3. The molecule has 0 saturated carbocycles. The third kappa shape index (κ3) is 2.63. The van der Waals surface area contributed by atoms with Gasteiger partial charge in [0.25, 0.3) is 0 Å². The average molecular weight is 202 g/mol. The first-order chi connectivity index (χ1) is 7.36. The number of aromatic nitrogens is 3. The van der Waals surface area contributed by atoms with Gasteiger partial charge in [0, 0.05) is 38.2 Å². The smallest absolute Gasteiger partial charge is 0.0769 e. The minimum absolute atomic E-state index is 0.749. The zero-order valence-electron chi connectivity index (χ0n) is 8.72. The van der Waals surface area contributed by atoms with E-state index in [1.54, 1.807) is 6.20 Å². The van der Waals surface area contributed by atoms with E-state index in [-0.39, 0.29) is 0 Å². The van der Waals surface area contributed by atoms with Gasteiger partial charge in [-0.15, -0.1) is 0 Å². The van der Waals surface area contributed by atoms with Crippen molar-refractivity contribution < 1.29 is 0 Å². The third-order valence-electron chi connectivity index (χ3n) is 2.29. The lowest BCUT2D eigenvalue weighted by Gasteiger charge is -2.04. The topological polar surface area (TPSA) is 42.7 Å². The van der Waals surface area contributed by atoms with Gasteiger partial charge in [-0.25, -0.2) is 0 Å². The number of hydrogen-bond acceptors (Lipinski definition) is 3. The van der Waals surface area contributed by atoms with E-state index >= 15 is 0 Å². The van der Waals surface area contributed by atoms with Crippen molar-refractivity contribution in [3.8, 4) is 0 Å². The number of nitrogens with zero attached hydrogens (tertiary/aromatic N) is 3. The molecule has 0 radical (unpaired) electrons. The van der Waals surface area contributed by atoms with Gasteiger partial charge in [0.1, 0.15) is 0 Å². The Morgan fingerprint density at radius 2 is 2.20 bits per heavy atom. The molecule has 0 bridgehead atoms. The Bertz CT molecular complexity index is 408. The number of hydrogen-bond donors (Lipinski definition) is 1. The van der Waals surface area contributed by atoms with Gasteiger partial charge in [0.05, 0.1) is 5.69 Å². The molecule has 0 atom stereocenters. The van der Waals surface area contributed by atoms with Gasteiger partial charge in [-0.3, -0.25) is 0 Å². The molecule has 0 aliphatic carbocycles. The van der Waals surface area contributed by atoms with E-state index in [1.807, 2.05) is 31.4 Å². The summed E-state index contributed by atoms with van der Waals surface area (Å²) in [4.78, 5) is 0. The molecule has 0 aromatic carbocycles. The van der Waals surface area contributed by atoms with Crippen molar-refractivity contribution >= 4 is 0 Å². The van der Waals surface area contributed by atoms with E-state index in [1.165, 1.54) is 5.69 Å². The lowest BCUT2D eigenvalue weighted by molar-refractivity contribution is 0.639. The minimum atomic E-state index is 0.749. The normalized spacial score (nSPS) is 10.5. The molecule has 2 aromatic heterocycles. The molecule has 1 N–H and O–H groups in total. The highest BCUT2D eigenvalue weighted by Gasteiger charge is 1.97. The highest BCUT2D eigenvalue weighted by atomic mass is 15.1. The van der Waals surface area contributed by atoms with Gasteiger partial charge in [-0.05, 0) is 24.3 Å². The molecule has 78 valence electrons. The molecule has 0 unspecified atom stereocenters. The van der Waals surface area contributed by atoms with E-state index in [0.29, 0.717) is 0 Å². The first-order valence-corrected chi connectivity index (χ1v) is 4.94. The molecule has 4 heteroatoms. The van der Waals surface area contributed by atoms with Crippen molar-refractivity contribution in [3.05, 3.63) is 48.0 Å². The fraction of sp³-hybridized carbons (Fsp3) is 0.273. The summed E-state index contributed by atoms with van der Waals surface area (Å²) in [6.45, 7) is 1.60. The monoisotopic (exact) mass is 202 g/mol. The fourth-order valence-corrected chi connectivity index (χ4v) is 1.43. The Morgan fingerprint density at radius 1 is 1.27 bits per heavy atom. The molecule has 0 amide bonds. The molecular weight excluding hydrogens is 188 g/mol. The van der Waals surface area contributed by atoms with Gasteiger partial charge in [0.2, 0.25) is 0 Å². The van der Waals surface area contributed by atoms with Gasteiger partial charge >= 0.3 is 0 Å². The summed E-state index contributed by atoms with van der Waals surface area (Å²) >= 11 is 0. The molecule has 0 spiro atoms. The zero-order chi connectivity index (χ0) is 10.5. The van der Waals surface area contributed by atoms with Crippen molar-refractivity contribution in [2.24, 2.45) is 7.05 Å². The summed E-state index contributed by atoms with van der Waals surface area (Å²) in [6.07, 6.45) is 3.72. The second-order valence-corrected chi connectivity index (χ2v) is 3.43. The predicted octanol–water partition coefficient (Wildman–Crippen LogP) is 1.10. The van der Waals surface area contributed by atoms with Crippen LogP contribution in [-0.4, -0.2) is 14.8 Å². The van der Waals surface area contributed by atoms with E-state index < -0.39 is 0 Å². The Balaban J connectivity index is 1.83. The molecule has 0 saturated heterocycles. The Kier molecular flexibility index (Phi) is 3.09. The zero-order valence-corrected chi connectivity index (χ0v) is 8.72.